The van der Waals surface area contributed by atoms with E-state index < -0.39 is 0 Å². The molecule has 0 radical (unpaired) electrons. The highest BCUT2D eigenvalue weighted by molar-refractivity contribution is 6.30. The third-order valence-electron chi connectivity index (χ3n) is 3.07. The van der Waals surface area contributed by atoms with Crippen LogP contribution in [0.25, 0.3) is 0 Å². The van der Waals surface area contributed by atoms with E-state index >= 15 is 0 Å². The molecule has 0 aliphatic carbocycles. The van der Waals surface area contributed by atoms with E-state index in [4.69, 9.17) is 17.3 Å². The van der Waals surface area contributed by atoms with Crippen molar-refractivity contribution in [3.8, 4) is 0 Å². The molecule has 1 aliphatic rings. The SMILES string of the molecule is NC[C@H]1CCCN1Cc1ccc(Cl)cc1. The van der Waals surface area contributed by atoms with Gasteiger partial charge in [-0.05, 0) is 37.1 Å². The van der Waals surface area contributed by atoms with Gasteiger partial charge in [-0.25, -0.2) is 0 Å². The molecule has 1 aromatic rings. The van der Waals surface area contributed by atoms with Gasteiger partial charge in [-0.2, -0.15) is 0 Å². The van der Waals surface area contributed by atoms with Crippen LogP contribution < -0.4 is 5.73 Å². The first-order valence-corrected chi connectivity index (χ1v) is 5.86. The Morgan fingerprint density at radius 1 is 1.33 bits per heavy atom. The van der Waals surface area contributed by atoms with Crippen LogP contribution in [0.5, 0.6) is 0 Å². The molecule has 0 spiro atoms. The first-order valence-electron chi connectivity index (χ1n) is 5.48. The summed E-state index contributed by atoms with van der Waals surface area (Å²) in [7, 11) is 0. The van der Waals surface area contributed by atoms with E-state index in [2.05, 4.69) is 17.0 Å². The molecule has 15 heavy (non-hydrogen) atoms. The fourth-order valence-electron chi connectivity index (χ4n) is 2.19. The topological polar surface area (TPSA) is 29.3 Å². The standard InChI is InChI=1S/C12H17ClN2/c13-11-5-3-10(4-6-11)9-15-7-1-2-12(15)8-14/h3-6,12H,1-2,7-9,14H2/t12-/m1/s1. The van der Waals surface area contributed by atoms with Crippen LogP contribution in [0.4, 0.5) is 0 Å². The van der Waals surface area contributed by atoms with Gasteiger partial charge in [-0.1, -0.05) is 23.7 Å². The van der Waals surface area contributed by atoms with Crippen LogP contribution in [-0.2, 0) is 6.54 Å². The fraction of sp³-hybridized carbons (Fsp3) is 0.500. The molecule has 82 valence electrons. The van der Waals surface area contributed by atoms with Gasteiger partial charge in [0.25, 0.3) is 0 Å². The minimum atomic E-state index is 0.570. The number of likely N-dealkylation sites (tertiary alicyclic amines) is 1. The van der Waals surface area contributed by atoms with Crippen LogP contribution in [0.3, 0.4) is 0 Å². The van der Waals surface area contributed by atoms with Gasteiger partial charge in [0, 0.05) is 24.2 Å². The Morgan fingerprint density at radius 2 is 2.07 bits per heavy atom. The number of rotatable bonds is 3. The molecule has 1 aliphatic heterocycles. The number of halogens is 1. The highest BCUT2D eigenvalue weighted by Gasteiger charge is 2.22. The van der Waals surface area contributed by atoms with E-state index in [0.717, 1.165) is 18.1 Å². The molecule has 3 heteroatoms. The minimum absolute atomic E-state index is 0.570. The Balaban J connectivity index is 1.99. The first-order chi connectivity index (χ1) is 7.29. The molecule has 1 atom stereocenters. The second-order valence-corrected chi connectivity index (χ2v) is 4.57. The van der Waals surface area contributed by atoms with E-state index in [1.54, 1.807) is 0 Å². The van der Waals surface area contributed by atoms with Crippen molar-refractivity contribution in [1.29, 1.82) is 0 Å². The predicted molar refractivity (Wildman–Crippen MR) is 63.9 cm³/mol. The van der Waals surface area contributed by atoms with E-state index in [9.17, 15) is 0 Å². The molecule has 2 rings (SSSR count). The van der Waals surface area contributed by atoms with Gasteiger partial charge >= 0.3 is 0 Å². The first kappa shape index (κ1) is 10.9. The molecule has 2 N–H and O–H groups in total. The lowest BCUT2D eigenvalue weighted by Crippen LogP contribution is -2.34. The summed E-state index contributed by atoms with van der Waals surface area (Å²) in [4.78, 5) is 2.46. The molecule has 2 nitrogen and oxygen atoms in total. The third kappa shape index (κ3) is 2.71. The molecule has 1 saturated heterocycles. The van der Waals surface area contributed by atoms with Gasteiger partial charge in [0.2, 0.25) is 0 Å². The fourth-order valence-corrected chi connectivity index (χ4v) is 2.32. The van der Waals surface area contributed by atoms with E-state index in [0.29, 0.717) is 6.04 Å². The monoisotopic (exact) mass is 224 g/mol. The van der Waals surface area contributed by atoms with Gasteiger partial charge < -0.3 is 5.73 Å². The summed E-state index contributed by atoms with van der Waals surface area (Å²) in [6, 6.07) is 8.65. The predicted octanol–water partition coefficient (Wildman–Crippen LogP) is 2.26. The van der Waals surface area contributed by atoms with Gasteiger partial charge in [0.05, 0.1) is 0 Å². The lowest BCUT2D eigenvalue weighted by atomic mass is 10.2. The van der Waals surface area contributed by atoms with Crippen LogP contribution in [0.2, 0.25) is 5.02 Å². The molecule has 0 aromatic heterocycles. The molecule has 1 heterocycles. The molecule has 1 fully saturated rings. The number of hydrogen-bond donors (Lipinski definition) is 1. The smallest absolute Gasteiger partial charge is 0.0406 e. The maximum absolute atomic E-state index is 5.85. The Kier molecular flexibility index (Phi) is 3.62. The summed E-state index contributed by atoms with van der Waals surface area (Å²) >= 11 is 5.85. The van der Waals surface area contributed by atoms with E-state index in [1.807, 2.05) is 12.1 Å². The second kappa shape index (κ2) is 4.97. The Hall–Kier alpha value is -0.570. The maximum Gasteiger partial charge on any atom is 0.0406 e. The Labute approximate surface area is 96.0 Å². The normalized spacial score (nSPS) is 22.1. The number of nitrogens with zero attached hydrogens (tertiary/aromatic N) is 1. The zero-order valence-electron chi connectivity index (χ0n) is 8.82. The van der Waals surface area contributed by atoms with Crippen LogP contribution in [0, 0.1) is 0 Å². The van der Waals surface area contributed by atoms with Crippen molar-refractivity contribution >= 4 is 11.6 Å². The summed E-state index contributed by atoms with van der Waals surface area (Å²) in [5.41, 5.74) is 7.06. The molecule has 0 unspecified atom stereocenters. The van der Waals surface area contributed by atoms with Crippen LogP contribution in [0.15, 0.2) is 24.3 Å². The zero-order valence-corrected chi connectivity index (χ0v) is 9.58. The van der Waals surface area contributed by atoms with Crippen LogP contribution in [-0.4, -0.2) is 24.0 Å². The van der Waals surface area contributed by atoms with Crippen molar-refractivity contribution in [3.63, 3.8) is 0 Å². The maximum atomic E-state index is 5.85. The summed E-state index contributed by atoms with van der Waals surface area (Å²) in [5, 5.41) is 0.801. The number of hydrogen-bond acceptors (Lipinski definition) is 2. The number of nitrogens with two attached hydrogens (primary N) is 1. The molecule has 1 aromatic carbocycles. The molecule has 0 amide bonds. The zero-order chi connectivity index (χ0) is 10.7. The lowest BCUT2D eigenvalue weighted by Gasteiger charge is -2.23. The summed E-state index contributed by atoms with van der Waals surface area (Å²) in [5.74, 6) is 0. The minimum Gasteiger partial charge on any atom is -0.329 e. The Morgan fingerprint density at radius 3 is 2.73 bits per heavy atom. The van der Waals surface area contributed by atoms with Gasteiger partial charge in [0.1, 0.15) is 0 Å². The molecular formula is C12H17ClN2. The van der Waals surface area contributed by atoms with Crippen molar-refractivity contribution < 1.29 is 0 Å². The van der Waals surface area contributed by atoms with Crippen LogP contribution >= 0.6 is 11.6 Å². The van der Waals surface area contributed by atoms with Crippen molar-refractivity contribution in [1.82, 2.24) is 4.90 Å². The summed E-state index contributed by atoms with van der Waals surface area (Å²) in [6.45, 7) is 2.94. The van der Waals surface area contributed by atoms with Crippen molar-refractivity contribution in [2.75, 3.05) is 13.1 Å². The van der Waals surface area contributed by atoms with Crippen molar-refractivity contribution in [2.45, 2.75) is 25.4 Å². The largest absolute Gasteiger partial charge is 0.329 e. The average Bonchev–Trinajstić information content (AvgIpc) is 2.69. The highest BCUT2D eigenvalue weighted by atomic mass is 35.5. The highest BCUT2D eigenvalue weighted by Crippen LogP contribution is 2.19. The molecule has 0 saturated carbocycles. The van der Waals surface area contributed by atoms with Crippen molar-refractivity contribution in [3.05, 3.63) is 34.9 Å². The summed E-state index contributed by atoms with van der Waals surface area (Å²) in [6.07, 6.45) is 2.51. The average molecular weight is 225 g/mol. The lowest BCUT2D eigenvalue weighted by molar-refractivity contribution is 0.250. The molecular weight excluding hydrogens is 208 g/mol. The van der Waals surface area contributed by atoms with Crippen molar-refractivity contribution in [2.24, 2.45) is 5.73 Å². The van der Waals surface area contributed by atoms with E-state index in [-0.39, 0.29) is 0 Å². The quantitative estimate of drug-likeness (QED) is 0.854. The third-order valence-corrected chi connectivity index (χ3v) is 3.32. The Bertz CT molecular complexity index is 310. The van der Waals surface area contributed by atoms with Crippen LogP contribution in [0.1, 0.15) is 18.4 Å². The molecule has 0 bridgehead atoms. The van der Waals surface area contributed by atoms with Gasteiger partial charge in [0.15, 0.2) is 0 Å². The van der Waals surface area contributed by atoms with E-state index in [1.165, 1.54) is 24.9 Å². The van der Waals surface area contributed by atoms with Gasteiger partial charge in [-0.3, -0.25) is 4.90 Å². The second-order valence-electron chi connectivity index (χ2n) is 4.13. The summed E-state index contributed by atoms with van der Waals surface area (Å²) < 4.78 is 0. The number of benzene rings is 1. The van der Waals surface area contributed by atoms with Gasteiger partial charge in [-0.15, -0.1) is 0 Å².